The van der Waals surface area contributed by atoms with Crippen LogP contribution in [0.25, 0.3) is 11.4 Å². The third-order valence-corrected chi connectivity index (χ3v) is 5.95. The van der Waals surface area contributed by atoms with Crippen LogP contribution in [0.2, 0.25) is 0 Å². The number of amides is 1. The fourth-order valence-corrected chi connectivity index (χ4v) is 4.21. The lowest BCUT2D eigenvalue weighted by Gasteiger charge is -2.25. The van der Waals surface area contributed by atoms with Crippen molar-refractivity contribution in [3.8, 4) is 17.5 Å². The summed E-state index contributed by atoms with van der Waals surface area (Å²) in [5, 5.41) is 15.5. The Hall–Kier alpha value is -4.17. The highest BCUT2D eigenvalue weighted by Gasteiger charge is 2.24. The van der Waals surface area contributed by atoms with Crippen LogP contribution in [0.3, 0.4) is 0 Å². The van der Waals surface area contributed by atoms with Crippen LogP contribution in [0.5, 0.6) is 0 Å². The van der Waals surface area contributed by atoms with Gasteiger partial charge in [-0.05, 0) is 36.8 Å². The highest BCUT2D eigenvalue weighted by atomic mass is 19.1. The average molecular weight is 474 g/mol. The Bertz CT molecular complexity index is 1260. The largest absolute Gasteiger partial charge is 0.366 e. The van der Waals surface area contributed by atoms with E-state index in [0.29, 0.717) is 55.6 Å². The first-order chi connectivity index (χ1) is 17.1. The number of piperazine rings is 1. The zero-order valence-corrected chi connectivity index (χ0v) is 19.0. The molecular weight excluding hydrogens is 449 g/mol. The second-order valence-electron chi connectivity index (χ2n) is 8.50. The van der Waals surface area contributed by atoms with Crippen LogP contribution >= 0.6 is 0 Å². The summed E-state index contributed by atoms with van der Waals surface area (Å²) in [6, 6.07) is 11.2. The molecule has 35 heavy (non-hydrogen) atoms. The summed E-state index contributed by atoms with van der Waals surface area (Å²) in [5.74, 6) is 0.399. The molecule has 2 aliphatic rings. The third-order valence-electron chi connectivity index (χ3n) is 5.95. The molecule has 1 amide bonds. The highest BCUT2D eigenvalue weighted by Crippen LogP contribution is 2.27. The lowest BCUT2D eigenvalue weighted by molar-refractivity contribution is -0.124. The maximum atomic E-state index is 13.6. The molecule has 1 unspecified atom stereocenters. The van der Waals surface area contributed by atoms with Crippen LogP contribution in [0, 0.1) is 11.3 Å². The fourth-order valence-electron chi connectivity index (χ4n) is 4.21. The number of carbonyl (C=O) groups excluding carboxylic acids is 1. The Labute approximate surface area is 201 Å². The van der Waals surface area contributed by atoms with E-state index in [4.69, 9.17) is 0 Å². The number of nitrogens with zero attached hydrogens (tertiary/aromatic N) is 7. The molecule has 5 heterocycles. The number of anilines is 3. The second kappa shape index (κ2) is 9.99. The summed E-state index contributed by atoms with van der Waals surface area (Å²) in [7, 11) is 0. The van der Waals surface area contributed by atoms with Crippen LogP contribution in [-0.4, -0.2) is 69.6 Å². The van der Waals surface area contributed by atoms with Crippen molar-refractivity contribution in [3.05, 3.63) is 54.1 Å². The van der Waals surface area contributed by atoms with Crippen molar-refractivity contribution in [2.45, 2.75) is 19.1 Å². The van der Waals surface area contributed by atoms with E-state index < -0.39 is 6.17 Å². The van der Waals surface area contributed by atoms with Gasteiger partial charge >= 0.3 is 0 Å². The predicted octanol–water partition coefficient (Wildman–Crippen LogP) is 2.03. The molecule has 2 fully saturated rings. The third kappa shape index (κ3) is 5.33. The summed E-state index contributed by atoms with van der Waals surface area (Å²) < 4.78 is 13.6. The molecule has 1 atom stereocenters. The standard InChI is InChI=1S/C24H24FN9O/c25-16-6-9-34(13-16)22-4-3-19(31-21(22)11-26)20-5-7-28-24(32-20)30-17-1-2-18(29-12-17)14-33-10-8-27-23(35)15-33/h1-5,7,12,16H,6,8-10,13-15H2,(H,27,35)(H,28,30,32). The van der Waals surface area contributed by atoms with Gasteiger partial charge in [-0.25, -0.2) is 19.3 Å². The van der Waals surface area contributed by atoms with E-state index in [-0.39, 0.29) is 18.1 Å². The summed E-state index contributed by atoms with van der Waals surface area (Å²) in [6.07, 6.45) is 2.89. The lowest BCUT2D eigenvalue weighted by Crippen LogP contribution is -2.47. The monoisotopic (exact) mass is 473 g/mol. The molecule has 3 aromatic heterocycles. The van der Waals surface area contributed by atoms with Gasteiger partial charge in [0.2, 0.25) is 11.9 Å². The number of rotatable bonds is 6. The molecule has 0 aromatic carbocycles. The first-order valence-electron chi connectivity index (χ1n) is 11.4. The maximum absolute atomic E-state index is 13.6. The van der Waals surface area contributed by atoms with Gasteiger partial charge in [0, 0.05) is 38.9 Å². The quantitative estimate of drug-likeness (QED) is 0.553. The summed E-state index contributed by atoms with van der Waals surface area (Å²) in [6.45, 7) is 3.27. The van der Waals surface area contributed by atoms with Gasteiger partial charge in [-0.1, -0.05) is 0 Å². The minimum Gasteiger partial charge on any atom is -0.366 e. The van der Waals surface area contributed by atoms with Gasteiger partial charge < -0.3 is 15.5 Å². The number of hydrogen-bond donors (Lipinski definition) is 2. The van der Waals surface area contributed by atoms with Gasteiger partial charge in [0.05, 0.1) is 41.2 Å². The van der Waals surface area contributed by atoms with Gasteiger partial charge in [-0.15, -0.1) is 0 Å². The van der Waals surface area contributed by atoms with Crippen molar-refractivity contribution in [2.75, 3.05) is 42.9 Å². The van der Waals surface area contributed by atoms with Crippen molar-refractivity contribution in [1.82, 2.24) is 30.2 Å². The molecule has 0 radical (unpaired) electrons. The zero-order valence-electron chi connectivity index (χ0n) is 19.0. The molecule has 178 valence electrons. The minimum atomic E-state index is -0.883. The molecule has 0 aliphatic carbocycles. The molecule has 11 heteroatoms. The smallest absolute Gasteiger partial charge is 0.234 e. The number of nitrogens with one attached hydrogen (secondary N) is 2. The Balaban J connectivity index is 1.28. The van der Waals surface area contributed by atoms with Crippen molar-refractivity contribution < 1.29 is 9.18 Å². The number of halogens is 1. The first-order valence-corrected chi connectivity index (χ1v) is 11.4. The molecule has 0 spiro atoms. The first kappa shape index (κ1) is 22.6. The van der Waals surface area contributed by atoms with Crippen LogP contribution < -0.4 is 15.5 Å². The number of aromatic nitrogens is 4. The van der Waals surface area contributed by atoms with E-state index in [1.54, 1.807) is 30.6 Å². The number of nitriles is 1. The Morgan fingerprint density at radius 1 is 1.14 bits per heavy atom. The Morgan fingerprint density at radius 2 is 2.03 bits per heavy atom. The summed E-state index contributed by atoms with van der Waals surface area (Å²) in [4.78, 5) is 33.2. The Kier molecular flexibility index (Phi) is 6.45. The van der Waals surface area contributed by atoms with E-state index >= 15 is 0 Å². The lowest BCUT2D eigenvalue weighted by atomic mass is 10.2. The fraction of sp³-hybridized carbons (Fsp3) is 0.333. The highest BCUT2D eigenvalue weighted by molar-refractivity contribution is 5.78. The van der Waals surface area contributed by atoms with Crippen LogP contribution in [0.15, 0.2) is 42.7 Å². The summed E-state index contributed by atoms with van der Waals surface area (Å²) >= 11 is 0. The molecule has 5 rings (SSSR count). The van der Waals surface area contributed by atoms with E-state index in [2.05, 4.69) is 36.6 Å². The Morgan fingerprint density at radius 3 is 2.77 bits per heavy atom. The minimum absolute atomic E-state index is 0.0297. The van der Waals surface area contributed by atoms with Crippen molar-refractivity contribution >= 4 is 23.2 Å². The van der Waals surface area contributed by atoms with Crippen LogP contribution in [-0.2, 0) is 11.3 Å². The van der Waals surface area contributed by atoms with Gasteiger partial charge in [-0.2, -0.15) is 5.26 Å². The molecule has 2 N–H and O–H groups in total. The van der Waals surface area contributed by atoms with Gasteiger partial charge in [-0.3, -0.25) is 14.7 Å². The number of pyridine rings is 2. The van der Waals surface area contributed by atoms with Gasteiger partial charge in [0.25, 0.3) is 0 Å². The zero-order chi connectivity index (χ0) is 24.2. The van der Waals surface area contributed by atoms with Gasteiger partial charge in [0.15, 0.2) is 5.69 Å². The van der Waals surface area contributed by atoms with Crippen molar-refractivity contribution in [2.24, 2.45) is 0 Å². The average Bonchev–Trinajstić information content (AvgIpc) is 3.31. The number of hydrogen-bond acceptors (Lipinski definition) is 9. The van der Waals surface area contributed by atoms with E-state index in [1.807, 2.05) is 21.9 Å². The molecule has 10 nitrogen and oxygen atoms in total. The SMILES string of the molecule is N#Cc1nc(-c2ccnc(Nc3ccc(CN4CCNC(=O)C4)nc3)n2)ccc1N1CCC(F)C1. The van der Waals surface area contributed by atoms with Crippen LogP contribution in [0.4, 0.5) is 21.7 Å². The van der Waals surface area contributed by atoms with Crippen molar-refractivity contribution in [1.29, 1.82) is 5.26 Å². The molecule has 0 bridgehead atoms. The predicted molar refractivity (Wildman–Crippen MR) is 128 cm³/mol. The molecule has 3 aromatic rings. The van der Waals surface area contributed by atoms with Crippen molar-refractivity contribution in [3.63, 3.8) is 0 Å². The van der Waals surface area contributed by atoms with E-state index in [0.717, 1.165) is 17.9 Å². The van der Waals surface area contributed by atoms with Gasteiger partial charge in [0.1, 0.15) is 12.2 Å². The van der Waals surface area contributed by atoms with E-state index in [1.165, 1.54) is 0 Å². The maximum Gasteiger partial charge on any atom is 0.234 e. The number of carbonyl (C=O) groups is 1. The normalized spacial score (nSPS) is 18.2. The van der Waals surface area contributed by atoms with Crippen LogP contribution in [0.1, 0.15) is 17.8 Å². The molecule has 2 aliphatic heterocycles. The molecular formula is C24H24FN9O. The topological polar surface area (TPSA) is 123 Å². The number of alkyl halides is 1. The molecule has 2 saturated heterocycles. The van der Waals surface area contributed by atoms with E-state index in [9.17, 15) is 14.4 Å². The summed E-state index contributed by atoms with van der Waals surface area (Å²) in [5.41, 5.74) is 3.56. The second-order valence-corrected chi connectivity index (χ2v) is 8.50. The molecule has 0 saturated carbocycles.